The Labute approximate surface area is 176 Å². The number of nitro benzene ring substituents is 1. The lowest BCUT2D eigenvalue weighted by atomic mass is 10.1. The summed E-state index contributed by atoms with van der Waals surface area (Å²) in [4.78, 5) is 23.3. The van der Waals surface area contributed by atoms with Gasteiger partial charge in [0.2, 0.25) is 0 Å². The van der Waals surface area contributed by atoms with Crippen LogP contribution < -0.4 is 10.1 Å². The highest BCUT2D eigenvalue weighted by Gasteiger charge is 2.16. The van der Waals surface area contributed by atoms with Crippen LogP contribution in [0, 0.1) is 17.0 Å². The van der Waals surface area contributed by atoms with Gasteiger partial charge in [-0.1, -0.05) is 17.7 Å². The van der Waals surface area contributed by atoms with Gasteiger partial charge >= 0.3 is 0 Å². The summed E-state index contributed by atoms with van der Waals surface area (Å²) in [6.45, 7) is 2.30. The Morgan fingerprint density at radius 2 is 2.00 bits per heavy atom. The number of aryl methyl sites for hydroxylation is 1. The number of nitrogens with one attached hydrogen (secondary N) is 1. The maximum atomic E-state index is 11.2. The Hall–Kier alpha value is -3.78. The van der Waals surface area contributed by atoms with Crippen LogP contribution in [0.4, 0.5) is 17.2 Å². The van der Waals surface area contributed by atoms with Crippen molar-refractivity contribution in [3.8, 4) is 5.75 Å². The van der Waals surface area contributed by atoms with Crippen LogP contribution in [0.2, 0.25) is 5.02 Å². The van der Waals surface area contributed by atoms with Crippen LogP contribution >= 0.6 is 11.6 Å². The molecule has 0 aliphatic heterocycles. The molecule has 2 aromatic carbocycles. The molecule has 0 radical (unpaired) electrons. The van der Waals surface area contributed by atoms with Gasteiger partial charge < -0.3 is 10.1 Å². The number of rotatable bonds is 6. The molecule has 0 atom stereocenters. The van der Waals surface area contributed by atoms with Crippen LogP contribution in [0.3, 0.4) is 0 Å². The number of aromatic nitrogens is 3. The van der Waals surface area contributed by atoms with Crippen molar-refractivity contribution in [2.24, 2.45) is 0 Å². The van der Waals surface area contributed by atoms with Crippen molar-refractivity contribution in [2.75, 3.05) is 5.32 Å². The summed E-state index contributed by atoms with van der Waals surface area (Å²) < 4.78 is 5.85. The van der Waals surface area contributed by atoms with E-state index < -0.39 is 4.92 Å². The standard InChI is InChI=1S/C21H16ClN5O3/c1-13-8-14(5-6-20(13)30-11-15-4-2-3-7-23-15)26-21-16-9-19(27(28)29)17(22)10-18(16)24-12-25-21/h2-10,12H,11H2,1H3,(H,24,25,26). The van der Waals surface area contributed by atoms with Crippen molar-refractivity contribution < 1.29 is 9.66 Å². The summed E-state index contributed by atoms with van der Waals surface area (Å²) >= 11 is 5.98. The number of pyridine rings is 1. The molecule has 0 saturated carbocycles. The number of halogens is 1. The number of fused-ring (bicyclic) bond motifs is 1. The summed E-state index contributed by atoms with van der Waals surface area (Å²) in [6, 6.07) is 14.1. The molecule has 0 spiro atoms. The maximum Gasteiger partial charge on any atom is 0.288 e. The number of nitrogens with zero attached hydrogens (tertiary/aromatic N) is 4. The molecule has 0 unspecified atom stereocenters. The fourth-order valence-electron chi connectivity index (χ4n) is 2.97. The average molecular weight is 422 g/mol. The van der Waals surface area contributed by atoms with Crippen LogP contribution in [-0.4, -0.2) is 19.9 Å². The Morgan fingerprint density at radius 3 is 2.73 bits per heavy atom. The van der Waals surface area contributed by atoms with Crippen molar-refractivity contribution in [3.05, 3.63) is 87.4 Å². The lowest BCUT2D eigenvalue weighted by molar-refractivity contribution is -0.384. The van der Waals surface area contributed by atoms with Gasteiger partial charge in [-0.05, 0) is 48.9 Å². The zero-order chi connectivity index (χ0) is 21.1. The van der Waals surface area contributed by atoms with Gasteiger partial charge in [0.05, 0.1) is 16.1 Å². The van der Waals surface area contributed by atoms with Crippen molar-refractivity contribution >= 4 is 39.7 Å². The van der Waals surface area contributed by atoms with E-state index in [1.165, 1.54) is 18.5 Å². The first-order valence-electron chi connectivity index (χ1n) is 9.00. The first kappa shape index (κ1) is 19.5. The molecule has 0 saturated heterocycles. The second-order valence-corrected chi connectivity index (χ2v) is 6.92. The number of nitro groups is 1. The minimum absolute atomic E-state index is 0.0300. The molecule has 0 aliphatic carbocycles. The zero-order valence-corrected chi connectivity index (χ0v) is 16.6. The third kappa shape index (κ3) is 4.13. The quantitative estimate of drug-likeness (QED) is 0.336. The van der Waals surface area contributed by atoms with Gasteiger partial charge in [-0.15, -0.1) is 0 Å². The maximum absolute atomic E-state index is 11.2. The first-order valence-corrected chi connectivity index (χ1v) is 9.38. The lowest BCUT2D eigenvalue weighted by Gasteiger charge is -2.12. The summed E-state index contributed by atoms with van der Waals surface area (Å²) in [5, 5.41) is 14.9. The predicted molar refractivity (Wildman–Crippen MR) is 114 cm³/mol. The topological polar surface area (TPSA) is 103 Å². The van der Waals surface area contributed by atoms with Gasteiger partial charge in [-0.25, -0.2) is 9.97 Å². The summed E-state index contributed by atoms with van der Waals surface area (Å²) in [7, 11) is 0. The van der Waals surface area contributed by atoms with E-state index in [9.17, 15) is 10.1 Å². The molecular weight excluding hydrogens is 406 g/mol. The Bertz CT molecular complexity index is 1230. The largest absolute Gasteiger partial charge is 0.487 e. The highest BCUT2D eigenvalue weighted by atomic mass is 35.5. The Balaban J connectivity index is 1.58. The molecule has 9 heteroatoms. The SMILES string of the molecule is Cc1cc(Nc2ncnc3cc(Cl)c([N+](=O)[O-])cc23)ccc1OCc1ccccn1. The summed E-state index contributed by atoms with van der Waals surface area (Å²) in [6.07, 6.45) is 3.10. The third-order valence-corrected chi connectivity index (χ3v) is 4.74. The van der Waals surface area contributed by atoms with Crippen LogP contribution in [0.1, 0.15) is 11.3 Å². The third-order valence-electron chi connectivity index (χ3n) is 4.44. The molecule has 150 valence electrons. The second kappa shape index (κ2) is 8.30. The summed E-state index contributed by atoms with van der Waals surface area (Å²) in [5.41, 5.74) is 2.83. The van der Waals surface area contributed by atoms with Gasteiger partial charge in [-0.2, -0.15) is 0 Å². The van der Waals surface area contributed by atoms with Crippen LogP contribution in [-0.2, 0) is 6.61 Å². The molecule has 4 aromatic rings. The van der Waals surface area contributed by atoms with Crippen LogP contribution in [0.25, 0.3) is 10.9 Å². The van der Waals surface area contributed by atoms with E-state index in [0.29, 0.717) is 23.3 Å². The van der Waals surface area contributed by atoms with Crippen molar-refractivity contribution in [2.45, 2.75) is 13.5 Å². The zero-order valence-electron chi connectivity index (χ0n) is 15.9. The highest BCUT2D eigenvalue weighted by Crippen LogP contribution is 2.33. The van der Waals surface area contributed by atoms with Gasteiger partial charge in [-0.3, -0.25) is 15.1 Å². The molecule has 0 fully saturated rings. The molecule has 0 aliphatic rings. The number of hydrogen-bond donors (Lipinski definition) is 1. The van der Waals surface area contributed by atoms with E-state index >= 15 is 0 Å². The Morgan fingerprint density at radius 1 is 1.13 bits per heavy atom. The minimum atomic E-state index is -0.531. The smallest absolute Gasteiger partial charge is 0.288 e. The van der Waals surface area contributed by atoms with Crippen LogP contribution in [0.5, 0.6) is 5.75 Å². The van der Waals surface area contributed by atoms with Gasteiger partial charge in [0.1, 0.15) is 29.5 Å². The van der Waals surface area contributed by atoms with Gasteiger partial charge in [0, 0.05) is 23.3 Å². The molecule has 0 amide bonds. The number of anilines is 2. The van der Waals surface area contributed by atoms with Crippen molar-refractivity contribution in [1.82, 2.24) is 15.0 Å². The fourth-order valence-corrected chi connectivity index (χ4v) is 3.19. The predicted octanol–water partition coefficient (Wildman–Crippen LogP) is 5.22. The van der Waals surface area contributed by atoms with E-state index in [1.54, 1.807) is 6.20 Å². The van der Waals surface area contributed by atoms with Crippen molar-refractivity contribution in [3.63, 3.8) is 0 Å². The highest BCUT2D eigenvalue weighted by molar-refractivity contribution is 6.33. The van der Waals surface area contributed by atoms with Crippen LogP contribution in [0.15, 0.2) is 61.1 Å². The molecule has 2 heterocycles. The normalized spacial score (nSPS) is 10.7. The Kier molecular flexibility index (Phi) is 5.40. The molecule has 1 N–H and O–H groups in total. The van der Waals surface area contributed by atoms with E-state index in [-0.39, 0.29) is 10.7 Å². The molecule has 30 heavy (non-hydrogen) atoms. The average Bonchev–Trinajstić information content (AvgIpc) is 2.73. The molecular formula is C21H16ClN5O3. The minimum Gasteiger partial charge on any atom is -0.487 e. The van der Waals surface area contributed by atoms with Crippen molar-refractivity contribution in [1.29, 1.82) is 0 Å². The van der Waals surface area contributed by atoms with E-state index in [0.717, 1.165) is 22.7 Å². The lowest BCUT2D eigenvalue weighted by Crippen LogP contribution is -2.00. The first-order chi connectivity index (χ1) is 14.5. The molecule has 4 rings (SSSR count). The van der Waals surface area contributed by atoms with E-state index in [2.05, 4.69) is 20.3 Å². The van der Waals surface area contributed by atoms with Gasteiger partial charge in [0.15, 0.2) is 0 Å². The van der Waals surface area contributed by atoms with E-state index in [4.69, 9.17) is 16.3 Å². The molecule has 8 nitrogen and oxygen atoms in total. The second-order valence-electron chi connectivity index (χ2n) is 6.52. The number of ether oxygens (including phenoxy) is 1. The monoisotopic (exact) mass is 421 g/mol. The fraction of sp³-hybridized carbons (Fsp3) is 0.0952. The molecule has 0 bridgehead atoms. The number of benzene rings is 2. The summed E-state index contributed by atoms with van der Waals surface area (Å²) in [5.74, 6) is 1.18. The van der Waals surface area contributed by atoms with Gasteiger partial charge in [0.25, 0.3) is 5.69 Å². The molecule has 2 aromatic heterocycles. The number of hydrogen-bond acceptors (Lipinski definition) is 7. The van der Waals surface area contributed by atoms with E-state index in [1.807, 2.05) is 43.3 Å².